The smallest absolute Gasteiger partial charge is 0.0820 e. The molecule has 1 aliphatic heterocycles. The number of aryl methyl sites for hydroxylation is 2. The molecular formula is C12H21N3OS. The Labute approximate surface area is 107 Å². The molecule has 1 aliphatic rings. The van der Waals surface area contributed by atoms with Crippen LogP contribution < -0.4 is 5.73 Å². The Hall–Kier alpha value is -0.520. The molecule has 5 heteroatoms. The fourth-order valence-corrected chi connectivity index (χ4v) is 3.12. The lowest BCUT2D eigenvalue weighted by molar-refractivity contribution is 0.0567. The first-order valence-electron chi connectivity index (χ1n) is 6.19. The van der Waals surface area contributed by atoms with E-state index in [4.69, 9.17) is 10.5 Å². The van der Waals surface area contributed by atoms with E-state index in [2.05, 4.69) is 18.1 Å². The van der Waals surface area contributed by atoms with E-state index in [0.29, 0.717) is 0 Å². The summed E-state index contributed by atoms with van der Waals surface area (Å²) >= 11 is 1.93. The van der Waals surface area contributed by atoms with Crippen LogP contribution in [0.1, 0.15) is 18.3 Å². The summed E-state index contributed by atoms with van der Waals surface area (Å²) in [6, 6.07) is 2.20. The molecule has 2 rings (SSSR count). The van der Waals surface area contributed by atoms with Gasteiger partial charge in [0.2, 0.25) is 0 Å². The largest absolute Gasteiger partial charge is 0.375 e. The molecule has 1 fully saturated rings. The molecule has 0 amide bonds. The number of hydrogen-bond acceptors (Lipinski definition) is 4. The maximum Gasteiger partial charge on any atom is 0.0820 e. The molecule has 17 heavy (non-hydrogen) atoms. The highest BCUT2D eigenvalue weighted by Gasteiger charge is 2.23. The van der Waals surface area contributed by atoms with E-state index in [-0.39, 0.29) is 12.1 Å². The Morgan fingerprint density at radius 2 is 2.53 bits per heavy atom. The molecule has 2 atom stereocenters. The standard InChI is InChI=1S/C12H21N3OS/c1-3-15-10(6-9(2)14-15)7-11(13)12-8-17-5-4-16-12/h6,11-12H,3-5,7-8,13H2,1-2H3. The van der Waals surface area contributed by atoms with Crippen molar-refractivity contribution in [2.45, 2.75) is 39.0 Å². The van der Waals surface area contributed by atoms with Crippen molar-refractivity contribution in [2.75, 3.05) is 18.1 Å². The van der Waals surface area contributed by atoms with Crippen molar-refractivity contribution >= 4 is 11.8 Å². The van der Waals surface area contributed by atoms with Crippen LogP contribution in [0.2, 0.25) is 0 Å². The third-order valence-electron chi connectivity index (χ3n) is 3.05. The zero-order valence-electron chi connectivity index (χ0n) is 10.6. The number of thioether (sulfide) groups is 1. The molecule has 0 aromatic carbocycles. The number of nitrogens with zero attached hydrogens (tertiary/aromatic N) is 2. The summed E-state index contributed by atoms with van der Waals surface area (Å²) in [5.74, 6) is 2.11. The van der Waals surface area contributed by atoms with E-state index >= 15 is 0 Å². The highest BCUT2D eigenvalue weighted by atomic mass is 32.2. The van der Waals surface area contributed by atoms with Gasteiger partial charge in [-0.15, -0.1) is 0 Å². The summed E-state index contributed by atoms with van der Waals surface area (Å²) in [4.78, 5) is 0. The molecule has 4 nitrogen and oxygen atoms in total. The van der Waals surface area contributed by atoms with Crippen molar-refractivity contribution in [3.8, 4) is 0 Å². The first-order chi connectivity index (χ1) is 8.20. The lowest BCUT2D eigenvalue weighted by atomic mass is 10.1. The topological polar surface area (TPSA) is 53.1 Å². The molecule has 0 saturated carbocycles. The second kappa shape index (κ2) is 5.89. The zero-order valence-corrected chi connectivity index (χ0v) is 11.4. The monoisotopic (exact) mass is 255 g/mol. The van der Waals surface area contributed by atoms with Crippen LogP contribution >= 0.6 is 11.8 Å². The van der Waals surface area contributed by atoms with Crippen LogP contribution in [0.25, 0.3) is 0 Å². The molecule has 2 unspecified atom stereocenters. The summed E-state index contributed by atoms with van der Waals surface area (Å²) in [6.45, 7) is 5.85. The van der Waals surface area contributed by atoms with E-state index in [9.17, 15) is 0 Å². The SMILES string of the molecule is CCn1nc(C)cc1CC(N)C1CSCCO1. The zero-order chi connectivity index (χ0) is 12.3. The van der Waals surface area contributed by atoms with E-state index in [0.717, 1.165) is 36.8 Å². The van der Waals surface area contributed by atoms with Gasteiger partial charge < -0.3 is 10.5 Å². The first kappa shape index (κ1) is 12.9. The number of ether oxygens (including phenoxy) is 1. The van der Waals surface area contributed by atoms with Gasteiger partial charge in [-0.1, -0.05) is 0 Å². The number of aromatic nitrogens is 2. The van der Waals surface area contributed by atoms with E-state index in [1.807, 2.05) is 23.4 Å². The van der Waals surface area contributed by atoms with Gasteiger partial charge in [-0.25, -0.2) is 0 Å². The average molecular weight is 255 g/mol. The van der Waals surface area contributed by atoms with Crippen LogP contribution in [-0.2, 0) is 17.7 Å². The molecule has 2 N–H and O–H groups in total. The van der Waals surface area contributed by atoms with Crippen molar-refractivity contribution in [2.24, 2.45) is 5.73 Å². The molecular weight excluding hydrogens is 234 g/mol. The lowest BCUT2D eigenvalue weighted by Crippen LogP contribution is -2.43. The third-order valence-corrected chi connectivity index (χ3v) is 4.07. The molecule has 1 saturated heterocycles. The van der Waals surface area contributed by atoms with Crippen molar-refractivity contribution < 1.29 is 4.74 Å². The first-order valence-corrected chi connectivity index (χ1v) is 7.34. The van der Waals surface area contributed by atoms with Crippen LogP contribution in [0, 0.1) is 6.92 Å². The van der Waals surface area contributed by atoms with E-state index < -0.39 is 0 Å². The highest BCUT2D eigenvalue weighted by Crippen LogP contribution is 2.17. The Bertz CT molecular complexity index is 361. The quantitative estimate of drug-likeness (QED) is 0.879. The minimum atomic E-state index is 0.0733. The second-order valence-electron chi connectivity index (χ2n) is 4.44. The Kier molecular flexibility index (Phi) is 4.48. The maximum absolute atomic E-state index is 6.23. The van der Waals surface area contributed by atoms with Gasteiger partial charge in [0.15, 0.2) is 0 Å². The van der Waals surface area contributed by atoms with Crippen LogP contribution in [0.15, 0.2) is 6.07 Å². The minimum absolute atomic E-state index is 0.0733. The molecule has 0 radical (unpaired) electrons. The van der Waals surface area contributed by atoms with Gasteiger partial charge >= 0.3 is 0 Å². The minimum Gasteiger partial charge on any atom is -0.375 e. The summed E-state index contributed by atoms with van der Waals surface area (Å²) in [5.41, 5.74) is 8.52. The summed E-state index contributed by atoms with van der Waals surface area (Å²) in [7, 11) is 0. The van der Waals surface area contributed by atoms with Gasteiger partial charge in [0.05, 0.1) is 18.4 Å². The van der Waals surface area contributed by atoms with Crippen molar-refractivity contribution in [1.29, 1.82) is 0 Å². The van der Waals surface area contributed by atoms with Gasteiger partial charge in [-0.05, 0) is 19.9 Å². The number of rotatable bonds is 4. The van der Waals surface area contributed by atoms with Crippen molar-refractivity contribution in [3.05, 3.63) is 17.5 Å². The predicted molar refractivity (Wildman–Crippen MR) is 71.4 cm³/mol. The van der Waals surface area contributed by atoms with Gasteiger partial charge in [0.25, 0.3) is 0 Å². The molecule has 0 aliphatic carbocycles. The molecule has 0 bridgehead atoms. The van der Waals surface area contributed by atoms with Gasteiger partial charge in [-0.2, -0.15) is 16.9 Å². The fourth-order valence-electron chi connectivity index (χ4n) is 2.16. The maximum atomic E-state index is 6.23. The molecule has 0 spiro atoms. The van der Waals surface area contributed by atoms with Crippen molar-refractivity contribution in [3.63, 3.8) is 0 Å². The highest BCUT2D eigenvalue weighted by molar-refractivity contribution is 7.99. The Morgan fingerprint density at radius 3 is 3.18 bits per heavy atom. The fraction of sp³-hybridized carbons (Fsp3) is 0.750. The van der Waals surface area contributed by atoms with Gasteiger partial charge in [0, 0.05) is 36.2 Å². The summed E-state index contributed by atoms with van der Waals surface area (Å²) in [5, 5.41) is 4.44. The van der Waals surface area contributed by atoms with E-state index in [1.54, 1.807) is 0 Å². The van der Waals surface area contributed by atoms with Crippen LogP contribution in [0.5, 0.6) is 0 Å². The van der Waals surface area contributed by atoms with Gasteiger partial charge in [-0.3, -0.25) is 4.68 Å². The molecule has 96 valence electrons. The third kappa shape index (κ3) is 3.24. The normalized spacial score (nSPS) is 22.6. The number of hydrogen-bond donors (Lipinski definition) is 1. The Morgan fingerprint density at radius 1 is 1.71 bits per heavy atom. The molecule has 1 aromatic heterocycles. The molecule has 2 heterocycles. The van der Waals surface area contributed by atoms with Crippen LogP contribution in [0.4, 0.5) is 0 Å². The summed E-state index contributed by atoms with van der Waals surface area (Å²) in [6.07, 6.45) is 1.04. The van der Waals surface area contributed by atoms with Crippen LogP contribution in [-0.4, -0.2) is 40.0 Å². The van der Waals surface area contributed by atoms with Crippen molar-refractivity contribution in [1.82, 2.24) is 9.78 Å². The van der Waals surface area contributed by atoms with E-state index in [1.165, 1.54) is 5.69 Å². The predicted octanol–water partition coefficient (Wildman–Crippen LogP) is 1.21. The summed E-state index contributed by atoms with van der Waals surface area (Å²) < 4.78 is 7.75. The van der Waals surface area contributed by atoms with Gasteiger partial charge in [0.1, 0.15) is 0 Å². The average Bonchev–Trinajstić information content (AvgIpc) is 2.70. The molecule has 1 aromatic rings. The lowest BCUT2D eigenvalue weighted by Gasteiger charge is -2.27. The van der Waals surface area contributed by atoms with Crippen LogP contribution in [0.3, 0.4) is 0 Å². The second-order valence-corrected chi connectivity index (χ2v) is 5.59. The Balaban J connectivity index is 1.98. The number of nitrogens with two attached hydrogens (primary N) is 1.